The predicted octanol–water partition coefficient (Wildman–Crippen LogP) is 4.11. The minimum absolute atomic E-state index is 0.0301. The average molecular weight is 332 g/mol. The van der Waals surface area contributed by atoms with Gasteiger partial charge in [0.15, 0.2) is 0 Å². The summed E-state index contributed by atoms with van der Waals surface area (Å²) in [7, 11) is -3.43. The molecule has 3 nitrogen and oxygen atoms in total. The summed E-state index contributed by atoms with van der Waals surface area (Å²) in [4.78, 5) is 0.332. The molecule has 1 unspecified atom stereocenters. The summed E-state index contributed by atoms with van der Waals surface area (Å²) < 4.78 is 27.7. The van der Waals surface area contributed by atoms with Gasteiger partial charge in [0.05, 0.1) is 4.90 Å². The molecule has 0 heterocycles. The lowest BCUT2D eigenvalue weighted by atomic mass is 10.1. The number of hydrogen-bond acceptors (Lipinski definition) is 2. The van der Waals surface area contributed by atoms with Crippen molar-refractivity contribution >= 4 is 21.6 Å². The highest BCUT2D eigenvalue weighted by Gasteiger charge is 2.19. The number of hydrogen-bond donors (Lipinski definition) is 1. The van der Waals surface area contributed by atoms with E-state index in [0.29, 0.717) is 10.8 Å². The maximum Gasteiger partial charge on any atom is 0.240 e. The molecule has 0 radical (unpaired) electrons. The van der Waals surface area contributed by atoms with Gasteiger partial charge in [-0.05, 0) is 37.0 Å². The van der Waals surface area contributed by atoms with E-state index < -0.39 is 10.0 Å². The Balaban J connectivity index is 2.77. The minimum atomic E-state index is -3.43. The van der Waals surface area contributed by atoms with Crippen LogP contribution in [0.2, 0.25) is 0 Å². The first-order chi connectivity index (χ1) is 10.0. The molecule has 120 valence electrons. The van der Waals surface area contributed by atoms with Crippen molar-refractivity contribution in [1.82, 2.24) is 4.72 Å². The van der Waals surface area contributed by atoms with E-state index in [4.69, 9.17) is 11.6 Å². The fraction of sp³-hybridized carbons (Fsp3) is 0.625. The number of halogens is 1. The van der Waals surface area contributed by atoms with Crippen LogP contribution in [0.25, 0.3) is 0 Å². The topological polar surface area (TPSA) is 46.2 Å². The number of sulfonamides is 1. The van der Waals surface area contributed by atoms with E-state index in [1.165, 1.54) is 0 Å². The summed E-state index contributed by atoms with van der Waals surface area (Å²) in [5.74, 6) is 0.542. The van der Waals surface area contributed by atoms with Crippen LogP contribution in [0.4, 0.5) is 0 Å². The zero-order valence-electron chi connectivity index (χ0n) is 12.9. The Morgan fingerprint density at radius 1 is 1.10 bits per heavy atom. The van der Waals surface area contributed by atoms with Gasteiger partial charge in [0, 0.05) is 11.9 Å². The maximum atomic E-state index is 12.4. The first-order valence-corrected chi connectivity index (χ1v) is 9.72. The lowest BCUT2D eigenvalue weighted by Gasteiger charge is -2.18. The second kappa shape index (κ2) is 9.44. The predicted molar refractivity (Wildman–Crippen MR) is 89.4 cm³/mol. The van der Waals surface area contributed by atoms with E-state index in [0.717, 1.165) is 44.1 Å². The summed E-state index contributed by atoms with van der Waals surface area (Å²) in [5, 5.41) is 0. The summed E-state index contributed by atoms with van der Waals surface area (Å²) in [6, 6.07) is 7.01. The summed E-state index contributed by atoms with van der Waals surface area (Å²) in [6.45, 7) is 4.20. The number of unbranched alkanes of at least 4 members (excludes halogenated alkanes) is 1. The molecule has 1 aromatic rings. The van der Waals surface area contributed by atoms with Gasteiger partial charge in [-0.25, -0.2) is 13.1 Å². The van der Waals surface area contributed by atoms with Crippen molar-refractivity contribution in [2.75, 3.05) is 5.88 Å². The molecule has 21 heavy (non-hydrogen) atoms. The van der Waals surface area contributed by atoms with E-state index in [-0.39, 0.29) is 6.04 Å². The molecule has 1 aromatic carbocycles. The molecule has 0 saturated heterocycles. The van der Waals surface area contributed by atoms with Gasteiger partial charge >= 0.3 is 0 Å². The third kappa shape index (κ3) is 6.37. The van der Waals surface area contributed by atoms with E-state index in [1.807, 2.05) is 12.1 Å². The lowest BCUT2D eigenvalue weighted by molar-refractivity contribution is 0.483. The van der Waals surface area contributed by atoms with Crippen LogP contribution in [0.1, 0.15) is 51.5 Å². The SMILES string of the molecule is CCCCC(CCC)NS(=O)(=O)c1ccc(CCCl)cc1. The van der Waals surface area contributed by atoms with E-state index in [9.17, 15) is 8.42 Å². The number of benzene rings is 1. The molecule has 0 aliphatic heterocycles. The standard InChI is InChI=1S/C16H26ClNO2S/c1-3-5-7-15(6-4-2)18-21(19,20)16-10-8-14(9-11-16)12-13-17/h8-11,15,18H,3-7,12-13H2,1-2H3. The minimum Gasteiger partial charge on any atom is -0.208 e. The number of rotatable bonds is 10. The quantitative estimate of drug-likeness (QED) is 0.656. The van der Waals surface area contributed by atoms with Crippen LogP contribution >= 0.6 is 11.6 Å². The second-order valence-electron chi connectivity index (χ2n) is 5.33. The molecule has 0 saturated carbocycles. The molecule has 0 spiro atoms. The van der Waals surface area contributed by atoms with Crippen LogP contribution in [0, 0.1) is 0 Å². The highest BCUT2D eigenvalue weighted by atomic mass is 35.5. The molecular formula is C16H26ClNO2S. The van der Waals surface area contributed by atoms with Crippen molar-refractivity contribution in [3.63, 3.8) is 0 Å². The second-order valence-corrected chi connectivity index (χ2v) is 7.42. The smallest absolute Gasteiger partial charge is 0.208 e. The molecule has 1 rings (SSSR count). The van der Waals surface area contributed by atoms with Crippen molar-refractivity contribution in [1.29, 1.82) is 0 Å². The zero-order valence-corrected chi connectivity index (χ0v) is 14.5. The summed E-state index contributed by atoms with van der Waals surface area (Å²) in [6.07, 6.45) is 5.63. The Morgan fingerprint density at radius 2 is 1.76 bits per heavy atom. The molecular weight excluding hydrogens is 306 g/mol. The first-order valence-electron chi connectivity index (χ1n) is 7.70. The highest BCUT2D eigenvalue weighted by Crippen LogP contribution is 2.15. The van der Waals surface area contributed by atoms with Crippen molar-refractivity contribution < 1.29 is 8.42 Å². The number of alkyl halides is 1. The van der Waals surface area contributed by atoms with Gasteiger partial charge in [0.25, 0.3) is 0 Å². The summed E-state index contributed by atoms with van der Waals surface area (Å²) in [5.41, 5.74) is 1.06. The Hall–Kier alpha value is -0.580. The Labute approximate surface area is 134 Å². The van der Waals surface area contributed by atoms with E-state index in [2.05, 4.69) is 18.6 Å². The van der Waals surface area contributed by atoms with Crippen LogP contribution < -0.4 is 4.72 Å². The van der Waals surface area contributed by atoms with Crippen molar-refractivity contribution in [2.24, 2.45) is 0 Å². The normalized spacial score (nSPS) is 13.3. The van der Waals surface area contributed by atoms with Gasteiger partial charge in [-0.2, -0.15) is 0 Å². The third-order valence-electron chi connectivity index (χ3n) is 3.48. The highest BCUT2D eigenvalue weighted by molar-refractivity contribution is 7.89. The first kappa shape index (κ1) is 18.5. The molecule has 0 aliphatic carbocycles. The molecule has 0 aromatic heterocycles. The molecule has 0 aliphatic rings. The number of nitrogens with one attached hydrogen (secondary N) is 1. The van der Waals surface area contributed by atoms with Gasteiger partial charge in [-0.3, -0.25) is 0 Å². The fourth-order valence-corrected chi connectivity index (χ4v) is 3.82. The molecule has 0 bridgehead atoms. The Morgan fingerprint density at radius 3 is 2.29 bits per heavy atom. The van der Waals surface area contributed by atoms with Gasteiger partial charge < -0.3 is 0 Å². The van der Waals surface area contributed by atoms with Gasteiger partial charge in [0.2, 0.25) is 10.0 Å². The van der Waals surface area contributed by atoms with Crippen LogP contribution in [0.5, 0.6) is 0 Å². The van der Waals surface area contributed by atoms with Gasteiger partial charge in [-0.1, -0.05) is 45.2 Å². The molecule has 1 atom stereocenters. The molecule has 1 N–H and O–H groups in total. The lowest BCUT2D eigenvalue weighted by Crippen LogP contribution is -2.34. The monoisotopic (exact) mass is 331 g/mol. The molecule has 0 fully saturated rings. The Bertz CT molecular complexity index is 500. The maximum absolute atomic E-state index is 12.4. The molecule has 5 heteroatoms. The van der Waals surface area contributed by atoms with Crippen molar-refractivity contribution in [3.8, 4) is 0 Å². The third-order valence-corrected chi connectivity index (χ3v) is 5.21. The van der Waals surface area contributed by atoms with Crippen molar-refractivity contribution in [3.05, 3.63) is 29.8 Å². The van der Waals surface area contributed by atoms with Crippen molar-refractivity contribution in [2.45, 2.75) is 63.3 Å². The van der Waals surface area contributed by atoms with Crippen LogP contribution in [0.3, 0.4) is 0 Å². The van der Waals surface area contributed by atoms with Crippen LogP contribution in [0.15, 0.2) is 29.2 Å². The largest absolute Gasteiger partial charge is 0.240 e. The Kier molecular flexibility index (Phi) is 8.30. The zero-order chi connectivity index (χ0) is 15.7. The van der Waals surface area contributed by atoms with Gasteiger partial charge in [0.1, 0.15) is 0 Å². The molecule has 0 amide bonds. The van der Waals surface area contributed by atoms with E-state index in [1.54, 1.807) is 12.1 Å². The van der Waals surface area contributed by atoms with Crippen LogP contribution in [-0.2, 0) is 16.4 Å². The van der Waals surface area contributed by atoms with E-state index >= 15 is 0 Å². The summed E-state index contributed by atoms with van der Waals surface area (Å²) >= 11 is 5.69. The van der Waals surface area contributed by atoms with Gasteiger partial charge in [-0.15, -0.1) is 11.6 Å². The van der Waals surface area contributed by atoms with Crippen LogP contribution in [-0.4, -0.2) is 20.3 Å². The fourth-order valence-electron chi connectivity index (χ4n) is 2.29. The average Bonchev–Trinajstić information content (AvgIpc) is 2.46. The number of aryl methyl sites for hydroxylation is 1.